The zero-order chi connectivity index (χ0) is 21.6. The third-order valence-electron chi connectivity index (χ3n) is 4.14. The molecule has 0 bridgehead atoms. The fraction of sp³-hybridized carbons (Fsp3) is 0.0952. The first-order chi connectivity index (χ1) is 14.3. The van der Waals surface area contributed by atoms with Crippen LogP contribution >= 0.6 is 35.4 Å². The molecule has 0 spiro atoms. The highest BCUT2D eigenvalue weighted by atomic mass is 35.5. The Kier molecular flexibility index (Phi) is 7.55. The number of halogens is 2. The second-order valence-electron chi connectivity index (χ2n) is 6.38. The Morgan fingerprint density at radius 2 is 1.53 bits per heavy atom. The Hall–Kier alpha value is -2.32. The minimum Gasteiger partial charge on any atom is -0.362 e. The number of rotatable bonds is 7. The minimum absolute atomic E-state index is 0.113. The molecule has 9 heteroatoms. The van der Waals surface area contributed by atoms with Crippen molar-refractivity contribution in [3.05, 3.63) is 88.4 Å². The molecule has 0 amide bonds. The Morgan fingerprint density at radius 3 is 2.20 bits per heavy atom. The predicted molar refractivity (Wildman–Crippen MR) is 128 cm³/mol. The van der Waals surface area contributed by atoms with Crippen molar-refractivity contribution in [1.29, 1.82) is 0 Å². The largest absolute Gasteiger partial charge is 0.362 e. The summed E-state index contributed by atoms with van der Waals surface area (Å²) in [5.74, 6) is 0. The van der Waals surface area contributed by atoms with Crippen molar-refractivity contribution in [3.8, 4) is 0 Å². The van der Waals surface area contributed by atoms with Crippen molar-refractivity contribution in [2.75, 3.05) is 16.6 Å². The third-order valence-corrected chi connectivity index (χ3v) is 6.52. The molecule has 3 rings (SSSR count). The molecule has 0 fully saturated rings. The van der Waals surface area contributed by atoms with Crippen LogP contribution in [0.3, 0.4) is 0 Å². The van der Waals surface area contributed by atoms with Gasteiger partial charge in [0.1, 0.15) is 0 Å². The molecule has 0 saturated heterocycles. The highest BCUT2D eigenvalue weighted by Gasteiger charge is 2.15. The van der Waals surface area contributed by atoms with Crippen molar-refractivity contribution < 1.29 is 8.42 Å². The summed E-state index contributed by atoms with van der Waals surface area (Å²) in [6, 6.07) is 20.9. The zero-order valence-corrected chi connectivity index (χ0v) is 18.9. The number of nitrogens with one attached hydrogen (secondary N) is 3. The van der Waals surface area contributed by atoms with E-state index in [1.807, 2.05) is 18.2 Å². The summed E-state index contributed by atoms with van der Waals surface area (Å²) in [6.45, 7) is 0.690. The molecule has 3 N–H and O–H groups in total. The molecule has 0 aliphatic heterocycles. The maximum atomic E-state index is 12.6. The van der Waals surface area contributed by atoms with E-state index in [0.29, 0.717) is 28.1 Å². The lowest BCUT2D eigenvalue weighted by Gasteiger charge is -2.12. The molecule has 5 nitrogen and oxygen atoms in total. The van der Waals surface area contributed by atoms with Crippen molar-refractivity contribution in [3.63, 3.8) is 0 Å². The monoisotopic (exact) mass is 479 g/mol. The first-order valence-corrected chi connectivity index (χ1v) is 11.6. The molecular weight excluding hydrogens is 461 g/mol. The Labute approximate surface area is 191 Å². The third kappa shape index (κ3) is 6.34. The summed E-state index contributed by atoms with van der Waals surface area (Å²) < 4.78 is 27.6. The van der Waals surface area contributed by atoms with Gasteiger partial charge in [0.05, 0.1) is 20.6 Å². The van der Waals surface area contributed by atoms with Gasteiger partial charge in [0.2, 0.25) is 0 Å². The molecule has 3 aromatic carbocycles. The molecule has 0 aliphatic carbocycles. The van der Waals surface area contributed by atoms with Crippen LogP contribution in [-0.2, 0) is 16.4 Å². The van der Waals surface area contributed by atoms with Crippen LogP contribution in [0.5, 0.6) is 0 Å². The van der Waals surface area contributed by atoms with Crippen LogP contribution in [0.4, 0.5) is 11.4 Å². The van der Waals surface area contributed by atoms with E-state index in [4.69, 9.17) is 35.4 Å². The van der Waals surface area contributed by atoms with E-state index in [2.05, 4.69) is 27.5 Å². The van der Waals surface area contributed by atoms with Gasteiger partial charge in [-0.15, -0.1) is 0 Å². The summed E-state index contributed by atoms with van der Waals surface area (Å²) in [6.07, 6.45) is 0.847. The van der Waals surface area contributed by atoms with Gasteiger partial charge in [0.15, 0.2) is 5.11 Å². The maximum absolute atomic E-state index is 12.6. The van der Waals surface area contributed by atoms with Gasteiger partial charge in [-0.2, -0.15) is 0 Å². The molecule has 0 saturated carbocycles. The van der Waals surface area contributed by atoms with Crippen LogP contribution in [0.25, 0.3) is 0 Å². The minimum atomic E-state index is -3.76. The molecule has 156 valence electrons. The van der Waals surface area contributed by atoms with E-state index in [1.165, 1.54) is 29.8 Å². The molecule has 0 aliphatic rings. The molecule has 0 unspecified atom stereocenters. The lowest BCUT2D eigenvalue weighted by molar-refractivity contribution is 0.601. The lowest BCUT2D eigenvalue weighted by Crippen LogP contribution is -2.30. The molecule has 0 atom stereocenters. The smallest absolute Gasteiger partial charge is 0.261 e. The van der Waals surface area contributed by atoms with Crippen LogP contribution in [0, 0.1) is 0 Å². The number of hydrogen-bond donors (Lipinski definition) is 3. The highest BCUT2D eigenvalue weighted by molar-refractivity contribution is 7.92. The maximum Gasteiger partial charge on any atom is 0.261 e. The first kappa shape index (κ1) is 22.4. The number of anilines is 2. The van der Waals surface area contributed by atoms with E-state index in [9.17, 15) is 8.42 Å². The van der Waals surface area contributed by atoms with Crippen molar-refractivity contribution in [2.24, 2.45) is 0 Å². The normalized spacial score (nSPS) is 11.0. The molecule has 30 heavy (non-hydrogen) atoms. The van der Waals surface area contributed by atoms with Gasteiger partial charge in [-0.3, -0.25) is 4.72 Å². The first-order valence-electron chi connectivity index (χ1n) is 9.00. The molecule has 3 aromatic rings. The average Bonchev–Trinajstić information content (AvgIpc) is 2.72. The van der Waals surface area contributed by atoms with E-state index in [0.717, 1.165) is 6.42 Å². The summed E-state index contributed by atoms with van der Waals surface area (Å²) in [5.41, 5.74) is 2.23. The van der Waals surface area contributed by atoms with E-state index < -0.39 is 10.0 Å². The number of thiocarbonyl (C=S) groups is 1. The van der Waals surface area contributed by atoms with Gasteiger partial charge in [0.25, 0.3) is 10.0 Å². The second-order valence-corrected chi connectivity index (χ2v) is 9.28. The lowest BCUT2D eigenvalue weighted by atomic mass is 10.1. The standard InChI is InChI=1S/C21H19Cl2N3O2S2/c22-19-11-8-17(14-20(19)23)26-30(27,28)18-9-6-16(7-10-18)25-21(29)24-13-12-15-4-2-1-3-5-15/h1-11,14,26H,12-13H2,(H2,24,25,29). The summed E-state index contributed by atoms with van der Waals surface area (Å²) >= 11 is 17.1. The Balaban J connectivity index is 1.55. The van der Waals surface area contributed by atoms with Crippen molar-refractivity contribution in [2.45, 2.75) is 11.3 Å². The Morgan fingerprint density at radius 1 is 0.867 bits per heavy atom. The van der Waals surface area contributed by atoms with Crippen LogP contribution in [0.1, 0.15) is 5.56 Å². The highest BCUT2D eigenvalue weighted by Crippen LogP contribution is 2.26. The van der Waals surface area contributed by atoms with Crippen LogP contribution < -0.4 is 15.4 Å². The van der Waals surface area contributed by atoms with Crippen molar-refractivity contribution in [1.82, 2.24) is 5.32 Å². The number of benzene rings is 3. The molecule has 0 aromatic heterocycles. The van der Waals surface area contributed by atoms with Crippen LogP contribution in [0.2, 0.25) is 10.0 Å². The van der Waals surface area contributed by atoms with E-state index >= 15 is 0 Å². The Bertz CT molecular complexity index is 1120. The summed E-state index contributed by atoms with van der Waals surface area (Å²) in [4.78, 5) is 0.113. The fourth-order valence-electron chi connectivity index (χ4n) is 2.63. The summed E-state index contributed by atoms with van der Waals surface area (Å²) in [5, 5.41) is 7.26. The van der Waals surface area contributed by atoms with Gasteiger partial charge >= 0.3 is 0 Å². The zero-order valence-electron chi connectivity index (χ0n) is 15.7. The van der Waals surface area contributed by atoms with Crippen LogP contribution in [-0.4, -0.2) is 20.1 Å². The van der Waals surface area contributed by atoms with Gasteiger partial charge in [-0.05, 0) is 66.7 Å². The predicted octanol–water partition coefficient (Wildman–Crippen LogP) is 5.32. The van der Waals surface area contributed by atoms with Crippen molar-refractivity contribution >= 4 is 61.9 Å². The van der Waals surface area contributed by atoms with Gasteiger partial charge in [-0.25, -0.2) is 8.42 Å². The number of sulfonamides is 1. The molecule has 0 heterocycles. The second kappa shape index (κ2) is 10.1. The topological polar surface area (TPSA) is 70.2 Å². The SMILES string of the molecule is O=S(=O)(Nc1ccc(Cl)c(Cl)c1)c1ccc(NC(=S)NCCc2ccccc2)cc1. The van der Waals surface area contributed by atoms with Gasteiger partial charge < -0.3 is 10.6 Å². The average molecular weight is 480 g/mol. The van der Waals surface area contributed by atoms with E-state index in [-0.39, 0.29) is 9.92 Å². The van der Waals surface area contributed by atoms with Gasteiger partial charge in [-0.1, -0.05) is 53.5 Å². The van der Waals surface area contributed by atoms with E-state index in [1.54, 1.807) is 18.2 Å². The van der Waals surface area contributed by atoms with Gasteiger partial charge in [0, 0.05) is 12.2 Å². The molecular formula is C21H19Cl2N3O2S2. The number of hydrogen-bond acceptors (Lipinski definition) is 3. The molecule has 0 radical (unpaired) electrons. The quantitative estimate of drug-likeness (QED) is 0.399. The van der Waals surface area contributed by atoms with Crippen LogP contribution in [0.15, 0.2) is 77.7 Å². The summed E-state index contributed by atoms with van der Waals surface area (Å²) in [7, 11) is -3.76. The fourth-order valence-corrected chi connectivity index (χ4v) is 4.20.